The second kappa shape index (κ2) is 8.50. The van der Waals surface area contributed by atoms with Crippen molar-refractivity contribution in [3.63, 3.8) is 0 Å². The Kier molecular flexibility index (Phi) is 6.38. The van der Waals surface area contributed by atoms with Crippen LogP contribution in [0.5, 0.6) is 11.5 Å². The first-order valence-electron chi connectivity index (χ1n) is 8.37. The molecular formula is C18H24N2O5. The highest BCUT2D eigenvalue weighted by molar-refractivity contribution is 5.97. The number of carbonyl (C=O) groups is 3. The summed E-state index contributed by atoms with van der Waals surface area (Å²) in [5.74, 6) is 0.0292. The molecule has 1 aliphatic carbocycles. The highest BCUT2D eigenvalue weighted by atomic mass is 16.5. The van der Waals surface area contributed by atoms with Crippen molar-refractivity contribution in [2.75, 3.05) is 7.11 Å². The highest BCUT2D eigenvalue weighted by Gasteiger charge is 2.22. The maximum Gasteiger partial charge on any atom is 0.321 e. The maximum absolute atomic E-state index is 12.1. The average molecular weight is 348 g/mol. The Hall–Kier alpha value is -2.57. The summed E-state index contributed by atoms with van der Waals surface area (Å²) >= 11 is 0. The number of methoxy groups -OCH3 is 1. The van der Waals surface area contributed by atoms with Crippen molar-refractivity contribution in [2.24, 2.45) is 0 Å². The van der Waals surface area contributed by atoms with Gasteiger partial charge in [0.2, 0.25) is 0 Å². The number of Topliss-reactive ketones (excluding diaryl/α,β-unsaturated/α-hetero) is 1. The van der Waals surface area contributed by atoms with E-state index in [1.807, 2.05) is 0 Å². The van der Waals surface area contributed by atoms with Gasteiger partial charge in [-0.05, 0) is 44.9 Å². The number of ketones is 1. The molecule has 2 N–H and O–H groups in total. The monoisotopic (exact) mass is 348 g/mol. The van der Waals surface area contributed by atoms with E-state index in [2.05, 4.69) is 10.6 Å². The molecule has 0 heterocycles. The third-order valence-corrected chi connectivity index (χ3v) is 4.17. The maximum atomic E-state index is 12.1. The first-order valence-corrected chi connectivity index (χ1v) is 8.37. The molecule has 1 saturated carbocycles. The standard InChI is InChI=1S/C18H24N2O5/c1-11(21)13-8-9-15(16(10-13)24-3)25-12(2)17(22)20-18(23)19-14-6-4-5-7-14/h8-10,12,14H,4-7H2,1-3H3,(H2,19,20,22,23)/t12-/m0/s1. The topological polar surface area (TPSA) is 93.7 Å². The van der Waals surface area contributed by atoms with Gasteiger partial charge in [0.1, 0.15) is 0 Å². The molecule has 0 spiro atoms. The number of hydrogen-bond donors (Lipinski definition) is 2. The van der Waals surface area contributed by atoms with Gasteiger partial charge in [0, 0.05) is 11.6 Å². The van der Waals surface area contributed by atoms with Crippen LogP contribution < -0.4 is 20.1 Å². The van der Waals surface area contributed by atoms with E-state index in [1.54, 1.807) is 18.2 Å². The molecule has 3 amide bonds. The van der Waals surface area contributed by atoms with Gasteiger partial charge in [-0.25, -0.2) is 4.79 Å². The fourth-order valence-corrected chi connectivity index (χ4v) is 2.73. The predicted octanol–water partition coefficient (Wildman–Crippen LogP) is 2.43. The molecule has 0 unspecified atom stereocenters. The number of benzene rings is 1. The van der Waals surface area contributed by atoms with E-state index in [4.69, 9.17) is 9.47 Å². The number of urea groups is 1. The first kappa shape index (κ1) is 18.8. The smallest absolute Gasteiger partial charge is 0.321 e. The minimum absolute atomic E-state index is 0.0979. The Bertz CT molecular complexity index is 653. The van der Waals surface area contributed by atoms with Gasteiger partial charge in [0.25, 0.3) is 5.91 Å². The van der Waals surface area contributed by atoms with Crippen LogP contribution in [-0.2, 0) is 4.79 Å². The van der Waals surface area contributed by atoms with Crippen molar-refractivity contribution in [2.45, 2.75) is 51.7 Å². The van der Waals surface area contributed by atoms with Gasteiger partial charge in [-0.2, -0.15) is 0 Å². The molecule has 2 rings (SSSR count). The molecule has 0 bridgehead atoms. The molecule has 7 nitrogen and oxygen atoms in total. The lowest BCUT2D eigenvalue weighted by molar-refractivity contribution is -0.126. The van der Waals surface area contributed by atoms with Crippen molar-refractivity contribution in [1.29, 1.82) is 0 Å². The quantitative estimate of drug-likeness (QED) is 0.770. The normalized spacial score (nSPS) is 15.3. The van der Waals surface area contributed by atoms with Crippen LogP contribution in [0.3, 0.4) is 0 Å². The number of carbonyl (C=O) groups excluding carboxylic acids is 3. The molecular weight excluding hydrogens is 324 g/mol. The lowest BCUT2D eigenvalue weighted by Gasteiger charge is -2.18. The van der Waals surface area contributed by atoms with Crippen molar-refractivity contribution in [3.05, 3.63) is 23.8 Å². The zero-order chi connectivity index (χ0) is 18.4. The van der Waals surface area contributed by atoms with Gasteiger partial charge in [0.15, 0.2) is 23.4 Å². The molecule has 1 atom stereocenters. The van der Waals surface area contributed by atoms with Gasteiger partial charge in [-0.15, -0.1) is 0 Å². The molecule has 1 aliphatic rings. The number of amides is 3. The van der Waals surface area contributed by atoms with E-state index in [1.165, 1.54) is 21.0 Å². The van der Waals surface area contributed by atoms with Gasteiger partial charge >= 0.3 is 6.03 Å². The summed E-state index contributed by atoms with van der Waals surface area (Å²) in [5.41, 5.74) is 0.484. The van der Waals surface area contributed by atoms with Gasteiger partial charge in [0.05, 0.1) is 7.11 Å². The lowest BCUT2D eigenvalue weighted by Crippen LogP contribution is -2.47. The Balaban J connectivity index is 1.93. The fourth-order valence-electron chi connectivity index (χ4n) is 2.73. The van der Waals surface area contributed by atoms with E-state index in [0.29, 0.717) is 17.1 Å². The van der Waals surface area contributed by atoms with Crippen LogP contribution in [0.25, 0.3) is 0 Å². The third-order valence-electron chi connectivity index (χ3n) is 4.17. The second-order valence-corrected chi connectivity index (χ2v) is 6.13. The molecule has 0 aromatic heterocycles. The highest BCUT2D eigenvalue weighted by Crippen LogP contribution is 2.29. The molecule has 136 valence electrons. The SMILES string of the molecule is COc1cc(C(C)=O)ccc1O[C@@H](C)C(=O)NC(=O)NC1CCCC1. The first-order chi connectivity index (χ1) is 11.9. The van der Waals surface area contributed by atoms with Crippen molar-refractivity contribution in [3.8, 4) is 11.5 Å². The minimum atomic E-state index is -0.897. The number of ether oxygens (including phenoxy) is 2. The van der Waals surface area contributed by atoms with E-state index >= 15 is 0 Å². The van der Waals surface area contributed by atoms with E-state index in [0.717, 1.165) is 25.7 Å². The Labute approximate surface area is 147 Å². The summed E-state index contributed by atoms with van der Waals surface area (Å²) in [6.45, 7) is 2.99. The lowest BCUT2D eigenvalue weighted by atomic mass is 10.1. The summed E-state index contributed by atoms with van der Waals surface area (Å²) in [7, 11) is 1.45. The van der Waals surface area contributed by atoms with Gasteiger partial charge < -0.3 is 14.8 Å². The zero-order valence-corrected chi connectivity index (χ0v) is 14.8. The molecule has 1 aromatic carbocycles. The van der Waals surface area contributed by atoms with E-state index < -0.39 is 18.0 Å². The third kappa shape index (κ3) is 5.20. The largest absolute Gasteiger partial charge is 0.493 e. The zero-order valence-electron chi connectivity index (χ0n) is 14.8. The fraction of sp³-hybridized carbons (Fsp3) is 0.500. The number of nitrogens with one attached hydrogen (secondary N) is 2. The molecule has 25 heavy (non-hydrogen) atoms. The van der Waals surface area contributed by atoms with Crippen LogP contribution in [0, 0.1) is 0 Å². The van der Waals surface area contributed by atoms with E-state index in [-0.39, 0.29) is 11.8 Å². The molecule has 1 fully saturated rings. The van der Waals surface area contributed by atoms with Crippen LogP contribution in [-0.4, -0.2) is 37.0 Å². The molecule has 0 aliphatic heterocycles. The number of rotatable bonds is 6. The number of imide groups is 1. The van der Waals surface area contributed by atoms with Crippen LogP contribution >= 0.6 is 0 Å². The molecule has 0 saturated heterocycles. The van der Waals surface area contributed by atoms with Crippen molar-refractivity contribution in [1.82, 2.24) is 10.6 Å². The van der Waals surface area contributed by atoms with Crippen molar-refractivity contribution < 1.29 is 23.9 Å². The second-order valence-electron chi connectivity index (χ2n) is 6.13. The van der Waals surface area contributed by atoms with Gasteiger partial charge in [-0.3, -0.25) is 14.9 Å². The Morgan fingerprint density at radius 1 is 1.16 bits per heavy atom. The summed E-state index contributed by atoms with van der Waals surface area (Å²) in [6, 6.07) is 4.33. The summed E-state index contributed by atoms with van der Waals surface area (Å²) < 4.78 is 10.8. The minimum Gasteiger partial charge on any atom is -0.493 e. The predicted molar refractivity (Wildman–Crippen MR) is 92.0 cm³/mol. The van der Waals surface area contributed by atoms with Crippen LogP contribution in [0.1, 0.15) is 49.9 Å². The molecule has 0 radical (unpaired) electrons. The van der Waals surface area contributed by atoms with Gasteiger partial charge in [-0.1, -0.05) is 12.8 Å². The number of hydrogen-bond acceptors (Lipinski definition) is 5. The van der Waals surface area contributed by atoms with E-state index in [9.17, 15) is 14.4 Å². The Morgan fingerprint density at radius 3 is 2.44 bits per heavy atom. The average Bonchev–Trinajstić information content (AvgIpc) is 3.07. The van der Waals surface area contributed by atoms with Crippen molar-refractivity contribution >= 4 is 17.7 Å². The Morgan fingerprint density at radius 2 is 1.84 bits per heavy atom. The summed E-state index contributed by atoms with van der Waals surface area (Å²) in [4.78, 5) is 35.4. The molecule has 7 heteroatoms. The van der Waals surface area contributed by atoms with Crippen LogP contribution in [0.4, 0.5) is 4.79 Å². The van der Waals surface area contributed by atoms with Crippen LogP contribution in [0.15, 0.2) is 18.2 Å². The summed E-state index contributed by atoms with van der Waals surface area (Å²) in [6.07, 6.45) is 3.16. The van der Waals surface area contributed by atoms with Crippen LogP contribution in [0.2, 0.25) is 0 Å². The molecule has 1 aromatic rings. The summed E-state index contributed by atoms with van der Waals surface area (Å²) in [5, 5.41) is 5.07.